The molecule has 0 bridgehead atoms. The summed E-state index contributed by atoms with van der Waals surface area (Å²) >= 11 is 1.31. The summed E-state index contributed by atoms with van der Waals surface area (Å²) < 4.78 is 0. The van der Waals surface area contributed by atoms with Crippen LogP contribution in [-0.4, -0.2) is 28.1 Å². The van der Waals surface area contributed by atoms with Crippen molar-refractivity contribution in [3.8, 4) is 10.6 Å². The molecule has 1 aromatic heterocycles. The molecule has 0 aliphatic heterocycles. The molecule has 156 valence electrons. The van der Waals surface area contributed by atoms with Crippen LogP contribution in [0.25, 0.3) is 10.6 Å². The highest BCUT2D eigenvalue weighted by Crippen LogP contribution is 2.26. The molecule has 0 saturated heterocycles. The van der Waals surface area contributed by atoms with E-state index < -0.39 is 6.04 Å². The highest BCUT2D eigenvalue weighted by atomic mass is 32.1. The molecule has 1 atom stereocenters. The number of hydrogen-bond donors (Lipinski definition) is 2. The molecule has 30 heavy (non-hydrogen) atoms. The maximum atomic E-state index is 12.8. The molecule has 3 rings (SSSR count). The van der Waals surface area contributed by atoms with Crippen LogP contribution >= 0.6 is 11.3 Å². The van der Waals surface area contributed by atoms with E-state index in [1.165, 1.54) is 16.9 Å². The van der Waals surface area contributed by atoms with Gasteiger partial charge in [-0.2, -0.15) is 0 Å². The molecule has 6 nitrogen and oxygen atoms in total. The Morgan fingerprint density at radius 3 is 2.37 bits per heavy atom. The van der Waals surface area contributed by atoms with Gasteiger partial charge in [0.25, 0.3) is 0 Å². The zero-order valence-electron chi connectivity index (χ0n) is 17.4. The fourth-order valence-corrected chi connectivity index (χ4v) is 3.70. The van der Waals surface area contributed by atoms with Gasteiger partial charge in [0, 0.05) is 12.0 Å². The number of anilines is 1. The van der Waals surface area contributed by atoms with Gasteiger partial charge in [-0.05, 0) is 24.8 Å². The molecule has 2 N–H and O–H groups in total. The van der Waals surface area contributed by atoms with Gasteiger partial charge in [-0.15, -0.1) is 10.2 Å². The molecule has 0 radical (unpaired) electrons. The standard InChI is InChI=1S/C23H26N4O2S/c1-15(2)20(24-19(28)14-11-17-7-5-4-6-8-17)21(29)25-23-27-26-22(30-23)18-12-9-16(3)10-13-18/h4-10,12-13,15,20H,11,14H2,1-3H3,(H,24,28)(H,25,27,29)/t20-/m0/s1. The van der Waals surface area contributed by atoms with Gasteiger partial charge in [-0.3, -0.25) is 14.9 Å². The first-order valence-corrected chi connectivity index (χ1v) is 10.8. The molecule has 3 aromatic rings. The largest absolute Gasteiger partial charge is 0.344 e. The van der Waals surface area contributed by atoms with Crippen molar-refractivity contribution in [2.45, 2.75) is 39.7 Å². The van der Waals surface area contributed by atoms with Crippen LogP contribution < -0.4 is 10.6 Å². The van der Waals surface area contributed by atoms with E-state index in [-0.39, 0.29) is 17.7 Å². The van der Waals surface area contributed by atoms with Crippen molar-refractivity contribution in [3.63, 3.8) is 0 Å². The van der Waals surface area contributed by atoms with E-state index in [1.807, 2.05) is 75.4 Å². The van der Waals surface area contributed by atoms with Crippen LogP contribution in [0.15, 0.2) is 54.6 Å². The molecule has 0 saturated carbocycles. The lowest BCUT2D eigenvalue weighted by molar-refractivity contribution is -0.127. The van der Waals surface area contributed by atoms with E-state index in [0.29, 0.717) is 18.0 Å². The average molecular weight is 423 g/mol. The van der Waals surface area contributed by atoms with E-state index in [2.05, 4.69) is 20.8 Å². The summed E-state index contributed by atoms with van der Waals surface area (Å²) in [5.41, 5.74) is 3.21. The number of carbonyl (C=O) groups is 2. The van der Waals surface area contributed by atoms with Crippen molar-refractivity contribution in [1.82, 2.24) is 15.5 Å². The Labute approximate surface area is 180 Å². The normalized spacial score (nSPS) is 11.9. The Hall–Kier alpha value is -3.06. The Bertz CT molecular complexity index is 984. The van der Waals surface area contributed by atoms with Crippen molar-refractivity contribution < 1.29 is 9.59 Å². The average Bonchev–Trinajstić information content (AvgIpc) is 3.20. The topological polar surface area (TPSA) is 84.0 Å². The Morgan fingerprint density at radius 1 is 1.00 bits per heavy atom. The van der Waals surface area contributed by atoms with Gasteiger partial charge >= 0.3 is 0 Å². The van der Waals surface area contributed by atoms with E-state index in [4.69, 9.17) is 0 Å². The van der Waals surface area contributed by atoms with Crippen molar-refractivity contribution in [3.05, 3.63) is 65.7 Å². The van der Waals surface area contributed by atoms with Crippen LogP contribution in [0.1, 0.15) is 31.4 Å². The summed E-state index contributed by atoms with van der Waals surface area (Å²) in [5, 5.41) is 15.0. The zero-order valence-corrected chi connectivity index (χ0v) is 18.2. The highest BCUT2D eigenvalue weighted by molar-refractivity contribution is 7.18. The first-order chi connectivity index (χ1) is 14.4. The number of benzene rings is 2. The number of amides is 2. The number of hydrogen-bond acceptors (Lipinski definition) is 5. The molecule has 2 aromatic carbocycles. The summed E-state index contributed by atoms with van der Waals surface area (Å²) in [6.45, 7) is 5.83. The molecule has 1 heterocycles. The zero-order chi connectivity index (χ0) is 21.5. The minimum Gasteiger partial charge on any atom is -0.344 e. The second-order valence-electron chi connectivity index (χ2n) is 7.54. The maximum Gasteiger partial charge on any atom is 0.249 e. The molecule has 2 amide bonds. The first kappa shape index (κ1) is 21.6. The molecule has 0 fully saturated rings. The fraction of sp³-hybridized carbons (Fsp3) is 0.304. The monoisotopic (exact) mass is 422 g/mol. The quantitative estimate of drug-likeness (QED) is 0.569. The van der Waals surface area contributed by atoms with Crippen LogP contribution in [0.5, 0.6) is 0 Å². The lowest BCUT2D eigenvalue weighted by Crippen LogP contribution is -2.47. The van der Waals surface area contributed by atoms with Gasteiger partial charge < -0.3 is 5.32 Å². The van der Waals surface area contributed by atoms with Crippen LogP contribution in [-0.2, 0) is 16.0 Å². The fourth-order valence-electron chi connectivity index (χ4n) is 2.95. The summed E-state index contributed by atoms with van der Waals surface area (Å²) in [7, 11) is 0. The summed E-state index contributed by atoms with van der Waals surface area (Å²) in [5.74, 6) is -0.495. The smallest absolute Gasteiger partial charge is 0.249 e. The number of aromatic nitrogens is 2. The molecule has 0 aliphatic carbocycles. The van der Waals surface area contributed by atoms with E-state index in [0.717, 1.165) is 16.1 Å². The van der Waals surface area contributed by atoms with Crippen molar-refractivity contribution in [2.24, 2.45) is 5.92 Å². The minimum absolute atomic E-state index is 0.0600. The van der Waals surface area contributed by atoms with Gasteiger partial charge in [0.15, 0.2) is 0 Å². The number of nitrogens with one attached hydrogen (secondary N) is 2. The van der Waals surface area contributed by atoms with Crippen molar-refractivity contribution in [1.29, 1.82) is 0 Å². The molecule has 0 unspecified atom stereocenters. The van der Waals surface area contributed by atoms with Crippen molar-refractivity contribution in [2.75, 3.05) is 5.32 Å². The first-order valence-electron chi connectivity index (χ1n) is 9.97. The third-order valence-corrected chi connectivity index (χ3v) is 5.59. The summed E-state index contributed by atoms with van der Waals surface area (Å²) in [4.78, 5) is 25.2. The number of aryl methyl sites for hydroxylation is 2. The third kappa shape index (κ3) is 5.97. The van der Waals surface area contributed by atoms with Gasteiger partial charge in [0.2, 0.25) is 16.9 Å². The van der Waals surface area contributed by atoms with Gasteiger partial charge in [0.1, 0.15) is 11.0 Å². The second-order valence-corrected chi connectivity index (χ2v) is 8.52. The highest BCUT2D eigenvalue weighted by Gasteiger charge is 2.25. The van der Waals surface area contributed by atoms with Crippen LogP contribution in [0.3, 0.4) is 0 Å². The Balaban J connectivity index is 1.58. The molecule has 7 heteroatoms. The minimum atomic E-state index is -0.639. The summed E-state index contributed by atoms with van der Waals surface area (Å²) in [6, 6.07) is 17.2. The predicted octanol–water partition coefficient (Wildman–Crippen LogP) is 4.23. The lowest BCUT2D eigenvalue weighted by Gasteiger charge is -2.21. The van der Waals surface area contributed by atoms with Crippen LogP contribution in [0.4, 0.5) is 5.13 Å². The van der Waals surface area contributed by atoms with Crippen molar-refractivity contribution >= 4 is 28.3 Å². The van der Waals surface area contributed by atoms with E-state index in [9.17, 15) is 9.59 Å². The maximum absolute atomic E-state index is 12.8. The summed E-state index contributed by atoms with van der Waals surface area (Å²) in [6.07, 6.45) is 0.965. The Kier molecular flexibility index (Phi) is 7.30. The van der Waals surface area contributed by atoms with Gasteiger partial charge in [0.05, 0.1) is 0 Å². The third-order valence-electron chi connectivity index (χ3n) is 4.70. The number of rotatable bonds is 8. The lowest BCUT2D eigenvalue weighted by atomic mass is 10.0. The SMILES string of the molecule is Cc1ccc(-c2nnc(NC(=O)[C@@H](NC(=O)CCc3ccccc3)C(C)C)s2)cc1. The van der Waals surface area contributed by atoms with E-state index in [1.54, 1.807) is 0 Å². The second kappa shape index (κ2) is 10.1. The number of nitrogens with zero attached hydrogens (tertiary/aromatic N) is 2. The molecule has 0 aliphatic rings. The van der Waals surface area contributed by atoms with Gasteiger partial charge in [-0.1, -0.05) is 85.3 Å². The molecular formula is C23H26N4O2S. The predicted molar refractivity (Wildman–Crippen MR) is 120 cm³/mol. The van der Waals surface area contributed by atoms with Gasteiger partial charge in [-0.25, -0.2) is 0 Å². The molecule has 0 spiro atoms. The van der Waals surface area contributed by atoms with Crippen LogP contribution in [0.2, 0.25) is 0 Å². The molecular weight excluding hydrogens is 396 g/mol. The van der Waals surface area contributed by atoms with Crippen LogP contribution in [0, 0.1) is 12.8 Å². The van der Waals surface area contributed by atoms with E-state index >= 15 is 0 Å². The number of carbonyl (C=O) groups excluding carboxylic acids is 2. The Morgan fingerprint density at radius 2 is 1.70 bits per heavy atom.